The van der Waals surface area contributed by atoms with E-state index in [1.807, 2.05) is 4.90 Å². The molecule has 0 saturated carbocycles. The number of carbonyl (C=O) groups excluding carboxylic acids is 1. The molecule has 0 spiro atoms. The van der Waals surface area contributed by atoms with E-state index in [0.717, 1.165) is 31.6 Å². The van der Waals surface area contributed by atoms with Gasteiger partial charge in [-0.25, -0.2) is 0 Å². The smallest absolute Gasteiger partial charge is 0.253 e. The van der Waals surface area contributed by atoms with Gasteiger partial charge in [-0.05, 0) is 37.7 Å². The van der Waals surface area contributed by atoms with Crippen molar-refractivity contribution in [2.24, 2.45) is 0 Å². The van der Waals surface area contributed by atoms with Gasteiger partial charge in [-0.1, -0.05) is 6.92 Å². The van der Waals surface area contributed by atoms with Crippen LogP contribution in [0.4, 0.5) is 5.69 Å². The molecule has 1 saturated heterocycles. The second-order valence-corrected chi connectivity index (χ2v) is 4.92. The van der Waals surface area contributed by atoms with E-state index in [1.165, 1.54) is 0 Å². The number of piperazine rings is 1. The summed E-state index contributed by atoms with van der Waals surface area (Å²) in [6, 6.07) is 7.63. The number of nitrogens with two attached hydrogens (primary N) is 1. The molecule has 18 heavy (non-hydrogen) atoms. The molecule has 0 radical (unpaired) electrons. The Labute approximate surface area is 108 Å². The lowest BCUT2D eigenvalue weighted by molar-refractivity contribution is 0.0542. The molecule has 0 aliphatic carbocycles. The van der Waals surface area contributed by atoms with Crippen LogP contribution in [0.2, 0.25) is 0 Å². The van der Waals surface area contributed by atoms with Crippen molar-refractivity contribution in [1.29, 1.82) is 0 Å². The maximum absolute atomic E-state index is 12.3. The summed E-state index contributed by atoms with van der Waals surface area (Å²) in [5, 5.41) is 0. The van der Waals surface area contributed by atoms with Crippen LogP contribution in [0.25, 0.3) is 0 Å². The number of hydrogen-bond acceptors (Lipinski definition) is 3. The van der Waals surface area contributed by atoms with E-state index in [9.17, 15) is 4.79 Å². The van der Waals surface area contributed by atoms with E-state index >= 15 is 0 Å². The molecule has 2 N–H and O–H groups in total. The van der Waals surface area contributed by atoms with Gasteiger partial charge in [-0.15, -0.1) is 0 Å². The van der Waals surface area contributed by atoms with Gasteiger partial charge in [0.25, 0.3) is 5.91 Å². The van der Waals surface area contributed by atoms with Crippen molar-refractivity contribution in [3.05, 3.63) is 29.8 Å². The number of nitrogen functional groups attached to an aromatic ring is 1. The Hall–Kier alpha value is -1.55. The molecule has 1 atom stereocenters. The lowest BCUT2D eigenvalue weighted by Gasteiger charge is -2.39. The van der Waals surface area contributed by atoms with Gasteiger partial charge >= 0.3 is 0 Å². The van der Waals surface area contributed by atoms with E-state index in [0.29, 0.717) is 11.7 Å². The Morgan fingerprint density at radius 1 is 1.33 bits per heavy atom. The van der Waals surface area contributed by atoms with Crippen LogP contribution < -0.4 is 5.73 Å². The second-order valence-electron chi connectivity index (χ2n) is 4.92. The molecule has 1 fully saturated rings. The molecule has 4 nitrogen and oxygen atoms in total. The van der Waals surface area contributed by atoms with Crippen LogP contribution in [0, 0.1) is 0 Å². The van der Waals surface area contributed by atoms with Crippen LogP contribution in [-0.4, -0.2) is 48.4 Å². The fraction of sp³-hybridized carbons (Fsp3) is 0.500. The topological polar surface area (TPSA) is 49.6 Å². The first-order chi connectivity index (χ1) is 8.61. The third-order valence-corrected chi connectivity index (χ3v) is 3.69. The van der Waals surface area contributed by atoms with Gasteiger partial charge in [0.2, 0.25) is 0 Å². The lowest BCUT2D eigenvalue weighted by Crippen LogP contribution is -2.52. The summed E-state index contributed by atoms with van der Waals surface area (Å²) in [5.41, 5.74) is 7.05. The van der Waals surface area contributed by atoms with Gasteiger partial charge in [-0.2, -0.15) is 0 Å². The van der Waals surface area contributed by atoms with Crippen LogP contribution >= 0.6 is 0 Å². The van der Waals surface area contributed by atoms with Gasteiger partial charge in [0.05, 0.1) is 0 Å². The van der Waals surface area contributed by atoms with Gasteiger partial charge in [0, 0.05) is 36.9 Å². The predicted octanol–water partition coefficient (Wildman–Crippen LogP) is 1.44. The first kappa shape index (κ1) is 12.9. The van der Waals surface area contributed by atoms with Crippen molar-refractivity contribution in [2.45, 2.75) is 19.4 Å². The molecule has 1 amide bonds. The normalized spacial score (nSPS) is 21.0. The average Bonchev–Trinajstić information content (AvgIpc) is 2.39. The van der Waals surface area contributed by atoms with Gasteiger partial charge < -0.3 is 10.6 Å². The number of likely N-dealkylation sites (N-methyl/N-ethyl adjacent to an activating group) is 1. The monoisotopic (exact) mass is 247 g/mol. The van der Waals surface area contributed by atoms with Gasteiger partial charge in [-0.3, -0.25) is 9.69 Å². The molecule has 2 rings (SSSR count). The summed E-state index contributed by atoms with van der Waals surface area (Å²) >= 11 is 0. The fourth-order valence-electron chi connectivity index (χ4n) is 2.38. The lowest BCUT2D eigenvalue weighted by atomic mass is 10.1. The SMILES string of the molecule is CCC1CN(C(=O)c2ccc(N)cc2)CCN1C. The molecule has 98 valence electrons. The first-order valence-corrected chi connectivity index (χ1v) is 6.47. The summed E-state index contributed by atoms with van der Waals surface area (Å²) in [4.78, 5) is 16.6. The maximum Gasteiger partial charge on any atom is 0.253 e. The maximum atomic E-state index is 12.3. The zero-order valence-electron chi connectivity index (χ0n) is 11.1. The van der Waals surface area contributed by atoms with Crippen LogP contribution in [-0.2, 0) is 0 Å². The van der Waals surface area contributed by atoms with E-state index in [-0.39, 0.29) is 5.91 Å². The minimum atomic E-state index is 0.113. The minimum Gasteiger partial charge on any atom is -0.399 e. The van der Waals surface area contributed by atoms with E-state index < -0.39 is 0 Å². The van der Waals surface area contributed by atoms with Crippen molar-refractivity contribution in [3.8, 4) is 0 Å². The standard InChI is InChI=1S/C14H21N3O/c1-3-13-10-17(9-8-16(13)2)14(18)11-4-6-12(15)7-5-11/h4-7,13H,3,8-10,15H2,1-2H3. The molecular formula is C14H21N3O. The van der Waals surface area contributed by atoms with Crippen molar-refractivity contribution < 1.29 is 4.79 Å². The molecule has 0 aromatic heterocycles. The average molecular weight is 247 g/mol. The minimum absolute atomic E-state index is 0.113. The van der Waals surface area contributed by atoms with Gasteiger partial charge in [0.15, 0.2) is 0 Å². The molecular weight excluding hydrogens is 226 g/mol. The third-order valence-electron chi connectivity index (χ3n) is 3.69. The van der Waals surface area contributed by atoms with Crippen molar-refractivity contribution in [3.63, 3.8) is 0 Å². The van der Waals surface area contributed by atoms with E-state index in [2.05, 4.69) is 18.9 Å². The van der Waals surface area contributed by atoms with Crippen LogP contribution in [0.15, 0.2) is 24.3 Å². The van der Waals surface area contributed by atoms with Gasteiger partial charge in [0.1, 0.15) is 0 Å². The molecule has 1 aliphatic heterocycles. The predicted molar refractivity (Wildman–Crippen MR) is 73.5 cm³/mol. The number of amides is 1. The largest absolute Gasteiger partial charge is 0.399 e. The van der Waals surface area contributed by atoms with Crippen LogP contribution in [0.1, 0.15) is 23.7 Å². The van der Waals surface area contributed by atoms with Crippen LogP contribution in [0.3, 0.4) is 0 Å². The molecule has 0 bridgehead atoms. The summed E-state index contributed by atoms with van der Waals surface area (Å²) < 4.78 is 0. The zero-order chi connectivity index (χ0) is 13.1. The highest BCUT2D eigenvalue weighted by atomic mass is 16.2. The number of benzene rings is 1. The summed E-state index contributed by atoms with van der Waals surface area (Å²) in [6.07, 6.45) is 1.07. The quantitative estimate of drug-likeness (QED) is 0.804. The van der Waals surface area contributed by atoms with Crippen molar-refractivity contribution >= 4 is 11.6 Å². The third kappa shape index (κ3) is 2.64. The Balaban J connectivity index is 2.07. The Morgan fingerprint density at radius 3 is 2.61 bits per heavy atom. The molecule has 1 heterocycles. The van der Waals surface area contributed by atoms with E-state index in [4.69, 9.17) is 5.73 Å². The highest BCUT2D eigenvalue weighted by Gasteiger charge is 2.26. The number of hydrogen-bond donors (Lipinski definition) is 1. The number of carbonyl (C=O) groups is 1. The van der Waals surface area contributed by atoms with Crippen LogP contribution in [0.5, 0.6) is 0 Å². The summed E-state index contributed by atoms with van der Waals surface area (Å²) in [5.74, 6) is 0.113. The molecule has 1 aromatic rings. The molecule has 1 unspecified atom stereocenters. The number of anilines is 1. The van der Waals surface area contributed by atoms with Crippen molar-refractivity contribution in [2.75, 3.05) is 32.4 Å². The molecule has 4 heteroatoms. The number of rotatable bonds is 2. The second kappa shape index (κ2) is 5.40. The Bertz CT molecular complexity index is 416. The number of nitrogens with zero attached hydrogens (tertiary/aromatic N) is 2. The molecule has 1 aromatic carbocycles. The summed E-state index contributed by atoms with van der Waals surface area (Å²) in [6.45, 7) is 4.73. The fourth-order valence-corrected chi connectivity index (χ4v) is 2.38. The highest BCUT2D eigenvalue weighted by Crippen LogP contribution is 2.15. The summed E-state index contributed by atoms with van der Waals surface area (Å²) in [7, 11) is 2.12. The zero-order valence-corrected chi connectivity index (χ0v) is 11.1. The first-order valence-electron chi connectivity index (χ1n) is 6.47. The van der Waals surface area contributed by atoms with Crippen molar-refractivity contribution in [1.82, 2.24) is 9.80 Å². The molecule has 1 aliphatic rings. The highest BCUT2D eigenvalue weighted by molar-refractivity contribution is 5.94. The van der Waals surface area contributed by atoms with E-state index in [1.54, 1.807) is 24.3 Å². The Morgan fingerprint density at radius 2 is 2.00 bits per heavy atom. The Kier molecular flexibility index (Phi) is 3.87.